The number of aryl methyl sites for hydroxylation is 1. The summed E-state index contributed by atoms with van der Waals surface area (Å²) < 4.78 is 41.7. The van der Waals surface area contributed by atoms with Crippen molar-refractivity contribution in [2.45, 2.75) is 13.3 Å². The lowest BCUT2D eigenvalue weighted by atomic mass is 10.2. The molecule has 1 aromatic heterocycles. The third-order valence-electron chi connectivity index (χ3n) is 3.62. The van der Waals surface area contributed by atoms with E-state index in [0.717, 1.165) is 29.1 Å². The molecule has 0 saturated carbocycles. The summed E-state index contributed by atoms with van der Waals surface area (Å²) in [5.74, 6) is -0.714. The van der Waals surface area contributed by atoms with Crippen LogP contribution in [0.2, 0.25) is 0 Å². The molecule has 0 atom stereocenters. The highest BCUT2D eigenvalue weighted by molar-refractivity contribution is 5.93. The molecule has 1 amide bonds. The standard InChI is InChI=1S/C17H15F3N6O2/c1-11-8-13(4-7-15(11)26-10-22-24-25-26)21-9-16(27)23-12-2-5-14(6-3-12)28-17(18,19)20/h2-8,10,21H,9H2,1H3,(H,23,27). The van der Waals surface area contributed by atoms with Crippen molar-refractivity contribution in [2.75, 3.05) is 17.2 Å². The van der Waals surface area contributed by atoms with Gasteiger partial charge in [0, 0.05) is 11.4 Å². The Hall–Kier alpha value is -3.63. The van der Waals surface area contributed by atoms with Crippen LogP contribution in [0.5, 0.6) is 5.75 Å². The van der Waals surface area contributed by atoms with Crippen molar-refractivity contribution in [2.24, 2.45) is 0 Å². The second-order valence-electron chi connectivity index (χ2n) is 5.73. The van der Waals surface area contributed by atoms with Crippen LogP contribution >= 0.6 is 0 Å². The molecule has 0 aliphatic rings. The highest BCUT2D eigenvalue weighted by Crippen LogP contribution is 2.24. The van der Waals surface area contributed by atoms with Crippen molar-refractivity contribution in [3.05, 3.63) is 54.4 Å². The zero-order valence-electron chi connectivity index (χ0n) is 14.6. The van der Waals surface area contributed by atoms with Gasteiger partial charge in [0.15, 0.2) is 0 Å². The Morgan fingerprint density at radius 3 is 2.46 bits per heavy atom. The predicted molar refractivity (Wildman–Crippen MR) is 94.1 cm³/mol. The number of nitrogens with one attached hydrogen (secondary N) is 2. The van der Waals surface area contributed by atoms with Crippen molar-refractivity contribution >= 4 is 17.3 Å². The molecule has 0 saturated heterocycles. The van der Waals surface area contributed by atoms with E-state index in [1.165, 1.54) is 23.1 Å². The normalized spacial score (nSPS) is 11.1. The van der Waals surface area contributed by atoms with Crippen LogP contribution in [0.1, 0.15) is 5.56 Å². The summed E-state index contributed by atoms with van der Waals surface area (Å²) in [7, 11) is 0. The number of nitrogens with zero attached hydrogens (tertiary/aromatic N) is 4. The van der Waals surface area contributed by atoms with Gasteiger partial charge >= 0.3 is 6.36 Å². The van der Waals surface area contributed by atoms with Crippen molar-refractivity contribution in [1.29, 1.82) is 0 Å². The molecular weight excluding hydrogens is 377 g/mol. The van der Waals surface area contributed by atoms with Gasteiger partial charge in [-0.05, 0) is 65.4 Å². The Morgan fingerprint density at radius 2 is 1.86 bits per heavy atom. The number of hydrogen-bond acceptors (Lipinski definition) is 6. The highest BCUT2D eigenvalue weighted by atomic mass is 19.4. The van der Waals surface area contributed by atoms with Gasteiger partial charge in [-0.3, -0.25) is 4.79 Å². The molecule has 0 unspecified atom stereocenters. The molecular formula is C17H15F3N6O2. The van der Waals surface area contributed by atoms with Gasteiger partial charge in [0.1, 0.15) is 12.1 Å². The average molecular weight is 392 g/mol. The third kappa shape index (κ3) is 5.19. The summed E-state index contributed by atoms with van der Waals surface area (Å²) >= 11 is 0. The lowest BCUT2D eigenvalue weighted by Gasteiger charge is -2.11. The van der Waals surface area contributed by atoms with Gasteiger partial charge in [-0.2, -0.15) is 0 Å². The summed E-state index contributed by atoms with van der Waals surface area (Å²) in [6.45, 7) is 1.86. The average Bonchev–Trinajstić information content (AvgIpc) is 3.15. The van der Waals surface area contributed by atoms with Crippen LogP contribution in [0.25, 0.3) is 5.69 Å². The Bertz CT molecular complexity index is 943. The van der Waals surface area contributed by atoms with E-state index in [4.69, 9.17) is 0 Å². The number of tetrazole rings is 1. The molecule has 11 heteroatoms. The summed E-state index contributed by atoms with van der Waals surface area (Å²) in [5.41, 5.74) is 2.78. The molecule has 28 heavy (non-hydrogen) atoms. The fraction of sp³-hybridized carbons (Fsp3) is 0.176. The largest absolute Gasteiger partial charge is 0.573 e. The first kappa shape index (κ1) is 19.1. The van der Waals surface area contributed by atoms with Crippen molar-refractivity contribution in [3.8, 4) is 11.4 Å². The molecule has 8 nitrogen and oxygen atoms in total. The van der Waals surface area contributed by atoms with E-state index in [-0.39, 0.29) is 18.2 Å². The lowest BCUT2D eigenvalue weighted by Crippen LogP contribution is -2.22. The number of alkyl halides is 3. The number of carbonyl (C=O) groups is 1. The molecule has 2 aromatic carbocycles. The molecule has 0 fully saturated rings. The molecule has 0 aliphatic carbocycles. The predicted octanol–water partition coefficient (Wildman–Crippen LogP) is 2.92. The van der Waals surface area contributed by atoms with E-state index in [0.29, 0.717) is 5.69 Å². The van der Waals surface area contributed by atoms with Gasteiger partial charge in [-0.25, -0.2) is 4.68 Å². The zero-order valence-corrected chi connectivity index (χ0v) is 14.6. The third-order valence-corrected chi connectivity index (χ3v) is 3.62. The Balaban J connectivity index is 1.54. The Morgan fingerprint density at radius 1 is 1.14 bits per heavy atom. The zero-order chi connectivity index (χ0) is 20.1. The molecule has 0 spiro atoms. The summed E-state index contributed by atoms with van der Waals surface area (Å²) in [6, 6.07) is 10.3. The summed E-state index contributed by atoms with van der Waals surface area (Å²) in [4.78, 5) is 12.0. The molecule has 0 bridgehead atoms. The number of benzene rings is 2. The fourth-order valence-electron chi connectivity index (χ4n) is 2.42. The maximum absolute atomic E-state index is 12.1. The van der Waals surface area contributed by atoms with E-state index < -0.39 is 6.36 Å². The number of hydrogen-bond donors (Lipinski definition) is 2. The number of anilines is 2. The van der Waals surface area contributed by atoms with E-state index in [1.54, 1.807) is 6.07 Å². The summed E-state index contributed by atoms with van der Waals surface area (Å²) in [6.07, 6.45) is -3.28. The fourth-order valence-corrected chi connectivity index (χ4v) is 2.42. The molecule has 1 heterocycles. The molecule has 146 valence electrons. The van der Waals surface area contributed by atoms with Crippen LogP contribution < -0.4 is 15.4 Å². The van der Waals surface area contributed by atoms with Crippen molar-refractivity contribution < 1.29 is 22.7 Å². The lowest BCUT2D eigenvalue weighted by molar-refractivity contribution is -0.274. The monoisotopic (exact) mass is 392 g/mol. The number of rotatable bonds is 6. The first-order chi connectivity index (χ1) is 13.3. The van der Waals surface area contributed by atoms with Gasteiger partial charge in [0.05, 0.1) is 12.2 Å². The molecule has 0 radical (unpaired) electrons. The van der Waals surface area contributed by atoms with Crippen molar-refractivity contribution in [1.82, 2.24) is 20.2 Å². The number of amides is 1. The molecule has 0 aliphatic heterocycles. The van der Waals surface area contributed by atoms with Crippen LogP contribution in [0, 0.1) is 6.92 Å². The minimum absolute atomic E-state index is 0.0233. The maximum atomic E-state index is 12.1. The quantitative estimate of drug-likeness (QED) is 0.670. The van der Waals surface area contributed by atoms with E-state index >= 15 is 0 Å². The van der Waals surface area contributed by atoms with Crippen LogP contribution in [0.15, 0.2) is 48.8 Å². The maximum Gasteiger partial charge on any atom is 0.573 e. The topological polar surface area (TPSA) is 94.0 Å². The number of ether oxygens (including phenoxy) is 1. The van der Waals surface area contributed by atoms with E-state index in [2.05, 4.69) is 30.9 Å². The second kappa shape index (κ2) is 7.94. The minimum atomic E-state index is -4.76. The van der Waals surface area contributed by atoms with Crippen LogP contribution in [-0.4, -0.2) is 39.0 Å². The summed E-state index contributed by atoms with van der Waals surface area (Å²) in [5, 5.41) is 16.5. The van der Waals surface area contributed by atoms with Crippen LogP contribution in [0.4, 0.5) is 24.5 Å². The van der Waals surface area contributed by atoms with Gasteiger partial charge in [-0.15, -0.1) is 18.3 Å². The Kier molecular flexibility index (Phi) is 5.43. The van der Waals surface area contributed by atoms with Crippen molar-refractivity contribution in [3.63, 3.8) is 0 Å². The number of carbonyl (C=O) groups excluding carboxylic acids is 1. The molecule has 2 N–H and O–H groups in total. The molecule has 3 aromatic rings. The van der Waals surface area contributed by atoms with Gasteiger partial charge in [0.2, 0.25) is 5.91 Å². The Labute approximate surface area is 157 Å². The van der Waals surface area contributed by atoms with E-state index in [9.17, 15) is 18.0 Å². The number of halogens is 3. The SMILES string of the molecule is Cc1cc(NCC(=O)Nc2ccc(OC(F)(F)F)cc2)ccc1-n1cnnn1. The van der Waals surface area contributed by atoms with Gasteiger partial charge in [0.25, 0.3) is 0 Å². The van der Waals surface area contributed by atoms with Crippen LogP contribution in [-0.2, 0) is 4.79 Å². The smallest absolute Gasteiger partial charge is 0.406 e. The van der Waals surface area contributed by atoms with Gasteiger partial charge in [-0.1, -0.05) is 0 Å². The number of aromatic nitrogens is 4. The molecule has 3 rings (SSSR count). The minimum Gasteiger partial charge on any atom is -0.406 e. The highest BCUT2D eigenvalue weighted by Gasteiger charge is 2.30. The first-order valence-electron chi connectivity index (χ1n) is 8.04. The second-order valence-corrected chi connectivity index (χ2v) is 5.73. The first-order valence-corrected chi connectivity index (χ1v) is 8.04. The van der Waals surface area contributed by atoms with E-state index in [1.807, 2.05) is 19.1 Å². The van der Waals surface area contributed by atoms with Gasteiger partial charge < -0.3 is 15.4 Å². The van der Waals surface area contributed by atoms with Crippen LogP contribution in [0.3, 0.4) is 0 Å².